The number of nitrogens with zero attached hydrogens (tertiary/aromatic N) is 3. The largest absolute Gasteiger partial charge is 0.360 e. The first-order chi connectivity index (χ1) is 14.9. The summed E-state index contributed by atoms with van der Waals surface area (Å²) in [6.45, 7) is 5.91. The third kappa shape index (κ3) is 4.39. The lowest BCUT2D eigenvalue weighted by molar-refractivity contribution is -0.113. The fraction of sp³-hybridized carbons (Fsp3) is 0.217. The van der Waals surface area contributed by atoms with Crippen LogP contribution in [0.1, 0.15) is 31.1 Å². The molecular formula is C23H22N4O3S. The monoisotopic (exact) mass is 434 g/mol. The molecule has 158 valence electrons. The summed E-state index contributed by atoms with van der Waals surface area (Å²) in [4.78, 5) is 30.6. The molecule has 1 N–H and O–H groups in total. The second-order valence-electron chi connectivity index (χ2n) is 7.43. The Balaban J connectivity index is 1.75. The number of aromatic nitrogens is 3. The van der Waals surface area contributed by atoms with Crippen LogP contribution in [0, 0.1) is 6.92 Å². The third-order valence-corrected chi connectivity index (χ3v) is 5.71. The molecule has 0 atom stereocenters. The van der Waals surface area contributed by atoms with Gasteiger partial charge in [0.2, 0.25) is 5.91 Å². The van der Waals surface area contributed by atoms with E-state index < -0.39 is 0 Å². The van der Waals surface area contributed by atoms with E-state index in [1.807, 2.05) is 36.4 Å². The molecule has 0 saturated heterocycles. The van der Waals surface area contributed by atoms with Crippen molar-refractivity contribution in [3.8, 4) is 5.69 Å². The Kier molecular flexibility index (Phi) is 5.90. The number of para-hydroxylation sites is 2. The highest BCUT2D eigenvalue weighted by Gasteiger charge is 2.18. The molecule has 0 saturated carbocycles. The number of benzene rings is 2. The minimum absolute atomic E-state index is 0.0700. The summed E-state index contributed by atoms with van der Waals surface area (Å²) in [5.41, 5.74) is 2.25. The molecule has 4 rings (SSSR count). The number of hydrogen-bond donors (Lipinski definition) is 1. The van der Waals surface area contributed by atoms with Gasteiger partial charge in [-0.2, -0.15) is 0 Å². The highest BCUT2D eigenvalue weighted by atomic mass is 32.2. The Labute approximate surface area is 183 Å². The molecule has 2 heterocycles. The first-order valence-corrected chi connectivity index (χ1v) is 10.9. The zero-order valence-corrected chi connectivity index (χ0v) is 18.3. The van der Waals surface area contributed by atoms with Crippen molar-refractivity contribution >= 4 is 34.4 Å². The Morgan fingerprint density at radius 1 is 1.16 bits per heavy atom. The lowest BCUT2D eigenvalue weighted by Gasteiger charge is -2.18. The van der Waals surface area contributed by atoms with Crippen molar-refractivity contribution in [2.75, 3.05) is 11.1 Å². The minimum Gasteiger partial charge on any atom is -0.360 e. The number of thioether (sulfide) groups is 1. The quantitative estimate of drug-likeness (QED) is 0.354. The van der Waals surface area contributed by atoms with E-state index in [0.29, 0.717) is 27.6 Å². The van der Waals surface area contributed by atoms with Crippen LogP contribution in [0.4, 0.5) is 5.82 Å². The smallest absolute Gasteiger partial charge is 0.266 e. The van der Waals surface area contributed by atoms with Gasteiger partial charge in [-0.3, -0.25) is 14.2 Å². The van der Waals surface area contributed by atoms with Crippen molar-refractivity contribution in [3.63, 3.8) is 0 Å². The molecule has 1 amide bonds. The zero-order valence-electron chi connectivity index (χ0n) is 17.5. The number of hydrogen-bond acceptors (Lipinski definition) is 6. The number of rotatable bonds is 6. The molecule has 7 nitrogen and oxygen atoms in total. The van der Waals surface area contributed by atoms with Gasteiger partial charge in [-0.15, -0.1) is 0 Å². The molecule has 0 spiro atoms. The van der Waals surface area contributed by atoms with Crippen LogP contribution in [0.5, 0.6) is 0 Å². The van der Waals surface area contributed by atoms with E-state index >= 15 is 0 Å². The van der Waals surface area contributed by atoms with Gasteiger partial charge in [0.25, 0.3) is 5.56 Å². The van der Waals surface area contributed by atoms with Crippen LogP contribution in [0.3, 0.4) is 0 Å². The number of carbonyl (C=O) groups is 1. The molecule has 0 radical (unpaired) electrons. The van der Waals surface area contributed by atoms with Gasteiger partial charge < -0.3 is 9.84 Å². The molecule has 0 aliphatic heterocycles. The van der Waals surface area contributed by atoms with Crippen molar-refractivity contribution in [3.05, 3.63) is 76.3 Å². The summed E-state index contributed by atoms with van der Waals surface area (Å²) in [7, 11) is 0. The predicted molar refractivity (Wildman–Crippen MR) is 122 cm³/mol. The third-order valence-electron chi connectivity index (χ3n) is 4.77. The first kappa shape index (κ1) is 20.9. The lowest BCUT2D eigenvalue weighted by Crippen LogP contribution is -2.24. The number of aryl methyl sites for hydroxylation is 1. The van der Waals surface area contributed by atoms with Crippen molar-refractivity contribution in [2.45, 2.75) is 31.8 Å². The van der Waals surface area contributed by atoms with E-state index in [-0.39, 0.29) is 23.1 Å². The van der Waals surface area contributed by atoms with Crippen molar-refractivity contribution in [1.29, 1.82) is 0 Å². The van der Waals surface area contributed by atoms with E-state index in [1.54, 1.807) is 29.7 Å². The van der Waals surface area contributed by atoms with Crippen LogP contribution in [-0.4, -0.2) is 26.4 Å². The van der Waals surface area contributed by atoms with E-state index in [1.165, 1.54) is 11.8 Å². The van der Waals surface area contributed by atoms with Crippen LogP contribution >= 0.6 is 11.8 Å². The topological polar surface area (TPSA) is 90.0 Å². The highest BCUT2D eigenvalue weighted by Crippen LogP contribution is 2.27. The molecule has 0 aliphatic rings. The zero-order chi connectivity index (χ0) is 22.0. The average Bonchev–Trinajstić information content (AvgIpc) is 3.17. The Hall–Kier alpha value is -3.39. The van der Waals surface area contributed by atoms with Crippen molar-refractivity contribution in [2.24, 2.45) is 0 Å². The van der Waals surface area contributed by atoms with Gasteiger partial charge in [0, 0.05) is 6.07 Å². The maximum atomic E-state index is 13.4. The molecule has 0 aliphatic carbocycles. The van der Waals surface area contributed by atoms with Gasteiger partial charge in [0.05, 0.1) is 22.3 Å². The first-order valence-electron chi connectivity index (χ1n) is 9.91. The normalized spacial score (nSPS) is 11.2. The SMILES string of the molecule is Cc1cc(NC(=O)CSc2nc3ccccc3c(=O)n2-c2ccccc2C(C)C)no1. The van der Waals surface area contributed by atoms with Gasteiger partial charge in [0.1, 0.15) is 5.76 Å². The Morgan fingerprint density at radius 3 is 2.65 bits per heavy atom. The lowest BCUT2D eigenvalue weighted by atomic mass is 10.0. The number of carbonyl (C=O) groups excluding carboxylic acids is 1. The van der Waals surface area contributed by atoms with Gasteiger partial charge in [0.15, 0.2) is 11.0 Å². The van der Waals surface area contributed by atoms with Crippen LogP contribution in [0.25, 0.3) is 16.6 Å². The molecule has 0 fully saturated rings. The second-order valence-corrected chi connectivity index (χ2v) is 8.37. The van der Waals surface area contributed by atoms with Crippen LogP contribution < -0.4 is 10.9 Å². The maximum Gasteiger partial charge on any atom is 0.266 e. The standard InChI is InChI=1S/C23H22N4O3S/c1-14(2)16-8-5-7-11-19(16)27-22(29)17-9-4-6-10-18(17)24-23(27)31-13-21(28)25-20-12-15(3)30-26-20/h4-12,14H,13H2,1-3H3,(H,25,26,28). The van der Waals surface area contributed by atoms with Gasteiger partial charge in [-0.1, -0.05) is 61.1 Å². The minimum atomic E-state index is -0.260. The number of nitrogens with one attached hydrogen (secondary N) is 1. The summed E-state index contributed by atoms with van der Waals surface area (Å²) < 4.78 is 6.58. The van der Waals surface area contributed by atoms with Gasteiger partial charge >= 0.3 is 0 Å². The highest BCUT2D eigenvalue weighted by molar-refractivity contribution is 7.99. The molecule has 8 heteroatoms. The predicted octanol–water partition coefficient (Wildman–Crippen LogP) is 4.54. The molecular weight excluding hydrogens is 412 g/mol. The number of amides is 1. The molecule has 2 aromatic carbocycles. The fourth-order valence-corrected chi connectivity index (χ4v) is 4.14. The van der Waals surface area contributed by atoms with E-state index in [0.717, 1.165) is 11.3 Å². The summed E-state index contributed by atoms with van der Waals surface area (Å²) in [5.74, 6) is 0.992. The van der Waals surface area contributed by atoms with Crippen LogP contribution in [0.15, 0.2) is 69.1 Å². The van der Waals surface area contributed by atoms with Gasteiger partial charge in [-0.05, 0) is 36.6 Å². The van der Waals surface area contributed by atoms with Crippen LogP contribution in [0.2, 0.25) is 0 Å². The number of anilines is 1. The van der Waals surface area contributed by atoms with E-state index in [9.17, 15) is 9.59 Å². The number of fused-ring (bicyclic) bond motifs is 1. The second kappa shape index (κ2) is 8.77. The van der Waals surface area contributed by atoms with Crippen molar-refractivity contribution in [1.82, 2.24) is 14.7 Å². The molecule has 0 unspecified atom stereocenters. The van der Waals surface area contributed by atoms with E-state index in [4.69, 9.17) is 9.51 Å². The van der Waals surface area contributed by atoms with Crippen LogP contribution in [-0.2, 0) is 4.79 Å². The van der Waals surface area contributed by atoms with Crippen molar-refractivity contribution < 1.29 is 9.32 Å². The Morgan fingerprint density at radius 2 is 1.90 bits per heavy atom. The molecule has 31 heavy (non-hydrogen) atoms. The summed E-state index contributed by atoms with van der Waals surface area (Å²) >= 11 is 1.21. The molecule has 0 bridgehead atoms. The van der Waals surface area contributed by atoms with Gasteiger partial charge in [-0.25, -0.2) is 4.98 Å². The molecule has 2 aromatic heterocycles. The Bertz CT molecular complexity index is 1310. The summed E-state index contributed by atoms with van der Waals surface area (Å²) in [6.07, 6.45) is 0. The maximum absolute atomic E-state index is 13.4. The summed E-state index contributed by atoms with van der Waals surface area (Å²) in [6, 6.07) is 16.7. The fourth-order valence-electron chi connectivity index (χ4n) is 3.34. The van der Waals surface area contributed by atoms with E-state index in [2.05, 4.69) is 24.3 Å². The summed E-state index contributed by atoms with van der Waals surface area (Å²) in [5, 5.41) is 7.47. The average molecular weight is 435 g/mol. The molecule has 4 aromatic rings.